The molecule has 3 heteroatoms. The predicted octanol–water partition coefficient (Wildman–Crippen LogP) is 2.06. The van der Waals surface area contributed by atoms with Gasteiger partial charge in [0.2, 0.25) is 5.91 Å². The highest BCUT2D eigenvalue weighted by Gasteiger charge is 2.14. The van der Waals surface area contributed by atoms with Crippen LogP contribution in [0.15, 0.2) is 30.3 Å². The number of nitrogens with two attached hydrogens (primary N) is 1. The van der Waals surface area contributed by atoms with Crippen molar-refractivity contribution in [1.82, 2.24) is 4.90 Å². The Balaban J connectivity index is 2.44. The van der Waals surface area contributed by atoms with E-state index in [9.17, 15) is 4.79 Å². The minimum absolute atomic E-state index is 0.214. The van der Waals surface area contributed by atoms with E-state index in [1.807, 2.05) is 36.9 Å². The van der Waals surface area contributed by atoms with Crippen LogP contribution in [0, 0.1) is 5.92 Å². The maximum atomic E-state index is 12.0. The van der Waals surface area contributed by atoms with Gasteiger partial charge in [0.1, 0.15) is 0 Å². The second-order valence-electron chi connectivity index (χ2n) is 4.75. The zero-order valence-electron chi connectivity index (χ0n) is 11.4. The molecule has 1 unspecified atom stereocenters. The standard InChI is InChI=1S/C15H24N2O/c1-3-17(15(18)11-13(2)12-16)10-9-14-7-5-4-6-8-14/h4-8,13H,3,9-12,16H2,1-2H3. The molecular formula is C15H24N2O. The topological polar surface area (TPSA) is 46.3 Å². The van der Waals surface area contributed by atoms with Crippen molar-refractivity contribution < 1.29 is 4.79 Å². The maximum Gasteiger partial charge on any atom is 0.222 e. The highest BCUT2D eigenvalue weighted by atomic mass is 16.2. The minimum Gasteiger partial charge on any atom is -0.343 e. The van der Waals surface area contributed by atoms with Gasteiger partial charge in [0, 0.05) is 19.5 Å². The maximum absolute atomic E-state index is 12.0. The molecule has 3 nitrogen and oxygen atoms in total. The molecule has 0 bridgehead atoms. The summed E-state index contributed by atoms with van der Waals surface area (Å²) in [4.78, 5) is 14.0. The molecule has 18 heavy (non-hydrogen) atoms. The zero-order chi connectivity index (χ0) is 13.4. The van der Waals surface area contributed by atoms with Crippen molar-refractivity contribution in [2.75, 3.05) is 19.6 Å². The second kappa shape index (κ2) is 7.88. The average Bonchev–Trinajstić information content (AvgIpc) is 2.40. The number of benzene rings is 1. The Bertz CT molecular complexity index is 351. The molecule has 0 aromatic heterocycles. The molecule has 2 N–H and O–H groups in total. The summed E-state index contributed by atoms with van der Waals surface area (Å²) in [5.74, 6) is 0.481. The number of nitrogens with zero attached hydrogens (tertiary/aromatic N) is 1. The van der Waals surface area contributed by atoms with Crippen LogP contribution in [0.25, 0.3) is 0 Å². The Morgan fingerprint density at radius 2 is 2.00 bits per heavy atom. The Kier molecular flexibility index (Phi) is 6.44. The summed E-state index contributed by atoms with van der Waals surface area (Å²) in [6.45, 7) is 6.17. The van der Waals surface area contributed by atoms with Crippen molar-refractivity contribution in [3.8, 4) is 0 Å². The van der Waals surface area contributed by atoms with Crippen molar-refractivity contribution >= 4 is 5.91 Å². The Labute approximate surface area is 110 Å². The predicted molar refractivity (Wildman–Crippen MR) is 75.2 cm³/mol. The van der Waals surface area contributed by atoms with E-state index in [-0.39, 0.29) is 11.8 Å². The minimum atomic E-state index is 0.214. The Morgan fingerprint density at radius 3 is 2.56 bits per heavy atom. The monoisotopic (exact) mass is 248 g/mol. The van der Waals surface area contributed by atoms with Crippen LogP contribution in [0.5, 0.6) is 0 Å². The quantitative estimate of drug-likeness (QED) is 0.803. The normalized spacial score (nSPS) is 12.2. The average molecular weight is 248 g/mol. The lowest BCUT2D eigenvalue weighted by Gasteiger charge is -2.22. The summed E-state index contributed by atoms with van der Waals surface area (Å²) in [6.07, 6.45) is 1.47. The fourth-order valence-electron chi connectivity index (χ4n) is 1.88. The van der Waals surface area contributed by atoms with Gasteiger partial charge in [0.15, 0.2) is 0 Å². The zero-order valence-corrected chi connectivity index (χ0v) is 11.4. The fraction of sp³-hybridized carbons (Fsp3) is 0.533. The van der Waals surface area contributed by atoms with Crippen molar-refractivity contribution in [2.45, 2.75) is 26.7 Å². The van der Waals surface area contributed by atoms with Crippen LogP contribution in [-0.2, 0) is 11.2 Å². The summed E-state index contributed by atoms with van der Waals surface area (Å²) in [7, 11) is 0. The Hall–Kier alpha value is -1.35. The van der Waals surface area contributed by atoms with Crippen LogP contribution < -0.4 is 5.73 Å². The van der Waals surface area contributed by atoms with Gasteiger partial charge in [0.25, 0.3) is 0 Å². The molecule has 0 radical (unpaired) electrons. The SMILES string of the molecule is CCN(CCc1ccccc1)C(=O)CC(C)CN. The number of carbonyl (C=O) groups is 1. The first-order valence-electron chi connectivity index (χ1n) is 6.69. The lowest BCUT2D eigenvalue weighted by Crippen LogP contribution is -2.34. The van der Waals surface area contributed by atoms with Gasteiger partial charge in [-0.25, -0.2) is 0 Å². The summed E-state index contributed by atoms with van der Waals surface area (Å²) >= 11 is 0. The molecule has 1 atom stereocenters. The van der Waals surface area contributed by atoms with Gasteiger partial charge in [-0.3, -0.25) is 4.79 Å². The third kappa shape index (κ3) is 4.88. The number of hydrogen-bond donors (Lipinski definition) is 1. The van der Waals surface area contributed by atoms with Crippen molar-refractivity contribution in [2.24, 2.45) is 11.7 Å². The highest BCUT2D eigenvalue weighted by molar-refractivity contribution is 5.76. The van der Waals surface area contributed by atoms with Crippen LogP contribution in [0.3, 0.4) is 0 Å². The van der Waals surface area contributed by atoms with E-state index in [0.29, 0.717) is 13.0 Å². The number of carbonyl (C=O) groups excluding carboxylic acids is 1. The van der Waals surface area contributed by atoms with Crippen molar-refractivity contribution in [1.29, 1.82) is 0 Å². The molecular weight excluding hydrogens is 224 g/mol. The molecule has 0 saturated heterocycles. The van der Waals surface area contributed by atoms with Crippen LogP contribution in [0.1, 0.15) is 25.8 Å². The fourth-order valence-corrected chi connectivity index (χ4v) is 1.88. The summed E-state index contributed by atoms with van der Waals surface area (Å²) in [5.41, 5.74) is 6.83. The summed E-state index contributed by atoms with van der Waals surface area (Å²) < 4.78 is 0. The Morgan fingerprint density at radius 1 is 1.33 bits per heavy atom. The first kappa shape index (κ1) is 14.7. The molecule has 0 heterocycles. The second-order valence-corrected chi connectivity index (χ2v) is 4.75. The highest BCUT2D eigenvalue weighted by Crippen LogP contribution is 2.06. The van der Waals surface area contributed by atoms with Crippen LogP contribution >= 0.6 is 0 Å². The van der Waals surface area contributed by atoms with Gasteiger partial charge in [-0.05, 0) is 31.4 Å². The summed E-state index contributed by atoms with van der Waals surface area (Å²) in [6, 6.07) is 10.3. The molecule has 1 aromatic carbocycles. The molecule has 0 saturated carbocycles. The van der Waals surface area contributed by atoms with E-state index in [4.69, 9.17) is 5.73 Å². The van der Waals surface area contributed by atoms with E-state index in [0.717, 1.165) is 19.5 Å². The molecule has 0 fully saturated rings. The molecule has 0 aliphatic heterocycles. The summed E-state index contributed by atoms with van der Waals surface area (Å²) in [5, 5.41) is 0. The van der Waals surface area contributed by atoms with Gasteiger partial charge in [-0.2, -0.15) is 0 Å². The van der Waals surface area contributed by atoms with E-state index < -0.39 is 0 Å². The lowest BCUT2D eigenvalue weighted by atomic mass is 10.1. The third-order valence-electron chi connectivity index (χ3n) is 3.17. The van der Waals surface area contributed by atoms with Gasteiger partial charge >= 0.3 is 0 Å². The van der Waals surface area contributed by atoms with Crippen molar-refractivity contribution in [3.05, 3.63) is 35.9 Å². The number of rotatable bonds is 7. The number of likely N-dealkylation sites (N-methyl/N-ethyl adjacent to an activating group) is 1. The molecule has 1 rings (SSSR count). The number of hydrogen-bond acceptors (Lipinski definition) is 2. The van der Waals surface area contributed by atoms with Gasteiger partial charge in [-0.1, -0.05) is 37.3 Å². The molecule has 0 aliphatic carbocycles. The van der Waals surface area contributed by atoms with E-state index >= 15 is 0 Å². The molecule has 0 aliphatic rings. The smallest absolute Gasteiger partial charge is 0.222 e. The van der Waals surface area contributed by atoms with Crippen LogP contribution in [0.2, 0.25) is 0 Å². The largest absolute Gasteiger partial charge is 0.343 e. The molecule has 0 spiro atoms. The van der Waals surface area contributed by atoms with E-state index in [1.54, 1.807) is 0 Å². The van der Waals surface area contributed by atoms with Crippen LogP contribution in [0.4, 0.5) is 0 Å². The van der Waals surface area contributed by atoms with Crippen molar-refractivity contribution in [3.63, 3.8) is 0 Å². The first-order chi connectivity index (χ1) is 8.67. The van der Waals surface area contributed by atoms with E-state index in [2.05, 4.69) is 12.1 Å². The molecule has 1 amide bonds. The van der Waals surface area contributed by atoms with Crippen LogP contribution in [-0.4, -0.2) is 30.4 Å². The lowest BCUT2D eigenvalue weighted by molar-refractivity contribution is -0.131. The number of amides is 1. The molecule has 100 valence electrons. The first-order valence-corrected chi connectivity index (χ1v) is 6.69. The molecule has 1 aromatic rings. The van der Waals surface area contributed by atoms with Gasteiger partial charge < -0.3 is 10.6 Å². The van der Waals surface area contributed by atoms with Gasteiger partial charge in [-0.15, -0.1) is 0 Å². The van der Waals surface area contributed by atoms with Gasteiger partial charge in [0.05, 0.1) is 0 Å². The van der Waals surface area contributed by atoms with E-state index in [1.165, 1.54) is 5.56 Å². The third-order valence-corrected chi connectivity index (χ3v) is 3.17.